The van der Waals surface area contributed by atoms with Gasteiger partial charge in [0.25, 0.3) is 0 Å². The number of hydrogen-bond donors (Lipinski definition) is 1. The van der Waals surface area contributed by atoms with E-state index in [-0.39, 0.29) is 0 Å². The molecular formula is C31H34N4O5. The van der Waals surface area contributed by atoms with E-state index in [1.54, 1.807) is 53.1 Å². The lowest BCUT2D eigenvalue weighted by Gasteiger charge is -2.44. The first kappa shape index (κ1) is 27.4. The average Bonchev–Trinajstić information content (AvgIpc) is 2.99. The van der Waals surface area contributed by atoms with Crippen LogP contribution in [-0.4, -0.2) is 74.0 Å². The first-order valence-electron chi connectivity index (χ1n) is 13.0. The van der Waals surface area contributed by atoms with Gasteiger partial charge in [0.15, 0.2) is 0 Å². The Morgan fingerprint density at radius 3 is 2.30 bits per heavy atom. The van der Waals surface area contributed by atoms with Gasteiger partial charge in [0, 0.05) is 64.9 Å². The van der Waals surface area contributed by atoms with E-state index >= 15 is 0 Å². The highest BCUT2D eigenvalue weighted by Crippen LogP contribution is 2.59. The van der Waals surface area contributed by atoms with Crippen molar-refractivity contribution in [3.05, 3.63) is 77.7 Å². The number of aliphatic hydroxyl groups is 1. The summed E-state index contributed by atoms with van der Waals surface area (Å²) in [4.78, 5) is 15.6. The SMILES string of the molecule is COc1cc2c(c(OC)n1)-c1c(OC)cccc1C(c1cc(-c3cccnc3)cnc1OC)C2(O)CCN(C)C. The molecule has 5 rings (SSSR count). The van der Waals surface area contributed by atoms with Crippen molar-refractivity contribution in [3.63, 3.8) is 0 Å². The molecule has 0 aliphatic heterocycles. The van der Waals surface area contributed by atoms with Gasteiger partial charge in [-0.15, -0.1) is 0 Å². The first-order chi connectivity index (χ1) is 19.4. The molecule has 0 amide bonds. The smallest absolute Gasteiger partial charge is 0.224 e. The minimum Gasteiger partial charge on any atom is -0.496 e. The molecule has 208 valence electrons. The Kier molecular flexibility index (Phi) is 7.60. The molecule has 40 heavy (non-hydrogen) atoms. The van der Waals surface area contributed by atoms with Gasteiger partial charge >= 0.3 is 0 Å². The lowest BCUT2D eigenvalue weighted by atomic mass is 9.64. The summed E-state index contributed by atoms with van der Waals surface area (Å²) in [5.74, 6) is 1.16. The summed E-state index contributed by atoms with van der Waals surface area (Å²) in [5.41, 5.74) is 4.02. The van der Waals surface area contributed by atoms with Gasteiger partial charge in [-0.25, -0.2) is 4.98 Å². The highest BCUT2D eigenvalue weighted by atomic mass is 16.5. The number of benzene rings is 1. The van der Waals surface area contributed by atoms with Crippen LogP contribution in [0.2, 0.25) is 0 Å². The van der Waals surface area contributed by atoms with Crippen molar-refractivity contribution in [1.29, 1.82) is 0 Å². The molecule has 3 heterocycles. The Hall–Kier alpha value is -4.21. The molecule has 9 heteroatoms. The Bertz CT molecular complexity index is 1510. The Balaban J connectivity index is 1.88. The van der Waals surface area contributed by atoms with Gasteiger partial charge in [0.1, 0.15) is 11.4 Å². The lowest BCUT2D eigenvalue weighted by molar-refractivity contribution is 0.00213. The van der Waals surface area contributed by atoms with E-state index in [0.717, 1.165) is 27.8 Å². The molecule has 1 aromatic carbocycles. The zero-order valence-corrected chi connectivity index (χ0v) is 23.6. The van der Waals surface area contributed by atoms with Crippen molar-refractivity contribution in [2.75, 3.05) is 49.1 Å². The minimum atomic E-state index is -1.43. The highest BCUT2D eigenvalue weighted by Gasteiger charge is 2.50. The summed E-state index contributed by atoms with van der Waals surface area (Å²) in [6.07, 6.45) is 5.68. The third-order valence-corrected chi connectivity index (χ3v) is 7.47. The normalized spacial score (nSPS) is 17.6. The van der Waals surface area contributed by atoms with Crippen LogP contribution in [0.4, 0.5) is 0 Å². The largest absolute Gasteiger partial charge is 0.496 e. The predicted octanol–water partition coefficient (Wildman–Crippen LogP) is 4.52. The standard InChI is InChI=1S/C31H34N4O5/c1-35(2)14-12-31(36)23-16-25(38-4)34-30(40-6)27(23)26-21(10-7-11-24(26)37-3)28(31)22-15-20(18-33-29(22)39-5)19-9-8-13-32-17-19/h7-11,13,15-18,28,36H,12,14H2,1-6H3. The quantitative estimate of drug-likeness (QED) is 0.327. The Labute approximate surface area is 234 Å². The van der Waals surface area contributed by atoms with Crippen LogP contribution in [0.15, 0.2) is 61.1 Å². The van der Waals surface area contributed by atoms with E-state index in [2.05, 4.69) is 15.0 Å². The third kappa shape index (κ3) is 4.61. The summed E-state index contributed by atoms with van der Waals surface area (Å²) in [6, 6.07) is 13.5. The topological polar surface area (TPSA) is 99.1 Å². The van der Waals surface area contributed by atoms with Crippen LogP contribution >= 0.6 is 0 Å². The van der Waals surface area contributed by atoms with E-state index in [0.29, 0.717) is 47.5 Å². The maximum Gasteiger partial charge on any atom is 0.224 e. The van der Waals surface area contributed by atoms with Crippen LogP contribution in [-0.2, 0) is 5.60 Å². The van der Waals surface area contributed by atoms with E-state index < -0.39 is 11.5 Å². The van der Waals surface area contributed by atoms with E-state index in [1.165, 1.54) is 0 Å². The zero-order valence-electron chi connectivity index (χ0n) is 23.6. The molecule has 0 fully saturated rings. The molecule has 2 unspecified atom stereocenters. The molecule has 0 spiro atoms. The van der Waals surface area contributed by atoms with E-state index in [4.69, 9.17) is 18.9 Å². The molecule has 3 aromatic heterocycles. The number of ether oxygens (including phenoxy) is 4. The van der Waals surface area contributed by atoms with Gasteiger partial charge < -0.3 is 29.0 Å². The number of methoxy groups -OCH3 is 4. The average molecular weight is 543 g/mol. The molecular weight excluding hydrogens is 508 g/mol. The lowest BCUT2D eigenvalue weighted by Crippen LogP contribution is -2.40. The van der Waals surface area contributed by atoms with Gasteiger partial charge in [-0.3, -0.25) is 4.98 Å². The minimum absolute atomic E-state index is 0.338. The van der Waals surface area contributed by atoms with E-state index in [1.807, 2.05) is 55.4 Å². The summed E-state index contributed by atoms with van der Waals surface area (Å²) < 4.78 is 23.0. The summed E-state index contributed by atoms with van der Waals surface area (Å²) in [6.45, 7) is 0.608. The number of hydrogen-bond acceptors (Lipinski definition) is 9. The molecule has 1 aliphatic rings. The van der Waals surface area contributed by atoms with Crippen LogP contribution < -0.4 is 18.9 Å². The van der Waals surface area contributed by atoms with Crippen molar-refractivity contribution in [2.24, 2.45) is 0 Å². The fraction of sp³-hybridized carbons (Fsp3) is 0.323. The van der Waals surface area contributed by atoms with Crippen molar-refractivity contribution < 1.29 is 24.1 Å². The van der Waals surface area contributed by atoms with Gasteiger partial charge in [-0.2, -0.15) is 4.98 Å². The number of rotatable bonds is 9. The van der Waals surface area contributed by atoms with Crippen molar-refractivity contribution >= 4 is 0 Å². The molecule has 9 nitrogen and oxygen atoms in total. The van der Waals surface area contributed by atoms with Gasteiger partial charge in [-0.1, -0.05) is 18.2 Å². The Morgan fingerprint density at radius 1 is 0.850 bits per heavy atom. The number of pyridine rings is 3. The second-order valence-corrected chi connectivity index (χ2v) is 10.00. The molecule has 1 aliphatic carbocycles. The summed E-state index contributed by atoms with van der Waals surface area (Å²) in [5, 5.41) is 13.0. The number of fused-ring (bicyclic) bond motifs is 3. The zero-order chi connectivity index (χ0) is 28.4. The molecule has 0 radical (unpaired) electrons. The Morgan fingerprint density at radius 2 is 1.65 bits per heavy atom. The van der Waals surface area contributed by atoms with Crippen molar-refractivity contribution in [1.82, 2.24) is 19.9 Å². The molecule has 0 saturated heterocycles. The van der Waals surface area contributed by atoms with Crippen LogP contribution in [0.3, 0.4) is 0 Å². The fourth-order valence-corrected chi connectivity index (χ4v) is 5.61. The molecule has 0 bridgehead atoms. The van der Waals surface area contributed by atoms with Gasteiger partial charge in [0.2, 0.25) is 17.6 Å². The maximum absolute atomic E-state index is 13.0. The molecule has 2 atom stereocenters. The predicted molar refractivity (Wildman–Crippen MR) is 152 cm³/mol. The van der Waals surface area contributed by atoms with E-state index in [9.17, 15) is 5.11 Å². The second kappa shape index (κ2) is 11.1. The number of nitrogens with zero attached hydrogens (tertiary/aromatic N) is 4. The second-order valence-electron chi connectivity index (χ2n) is 10.00. The maximum atomic E-state index is 13.0. The first-order valence-corrected chi connectivity index (χ1v) is 13.0. The highest BCUT2D eigenvalue weighted by molar-refractivity contribution is 5.85. The van der Waals surface area contributed by atoms with Crippen LogP contribution in [0.5, 0.6) is 23.4 Å². The van der Waals surface area contributed by atoms with Crippen molar-refractivity contribution in [3.8, 4) is 45.6 Å². The fourth-order valence-electron chi connectivity index (χ4n) is 5.61. The van der Waals surface area contributed by atoms with Crippen LogP contribution in [0, 0.1) is 0 Å². The third-order valence-electron chi connectivity index (χ3n) is 7.47. The monoisotopic (exact) mass is 542 g/mol. The van der Waals surface area contributed by atoms with Crippen LogP contribution in [0.25, 0.3) is 22.3 Å². The summed E-state index contributed by atoms with van der Waals surface area (Å²) in [7, 11) is 10.3. The van der Waals surface area contributed by atoms with Gasteiger partial charge in [0.05, 0.1) is 34.0 Å². The molecule has 1 N–H and O–H groups in total. The molecule has 4 aromatic rings. The summed E-state index contributed by atoms with van der Waals surface area (Å²) >= 11 is 0. The molecule has 0 saturated carbocycles. The van der Waals surface area contributed by atoms with Crippen LogP contribution in [0.1, 0.15) is 29.0 Å². The van der Waals surface area contributed by atoms with Crippen molar-refractivity contribution in [2.45, 2.75) is 17.9 Å². The van der Waals surface area contributed by atoms with Gasteiger partial charge in [-0.05, 0) is 44.3 Å². The number of aromatic nitrogens is 3.